The summed E-state index contributed by atoms with van der Waals surface area (Å²) in [6, 6.07) is 9.39. The average Bonchev–Trinajstić information content (AvgIpc) is 3.10. The lowest BCUT2D eigenvalue weighted by molar-refractivity contribution is 0.175. The fraction of sp³-hybridized carbons (Fsp3) is 0.444. The molecule has 0 saturated carbocycles. The Hall–Kier alpha value is -2.50. The summed E-state index contributed by atoms with van der Waals surface area (Å²) in [5.41, 5.74) is 0.794. The van der Waals surface area contributed by atoms with Crippen LogP contribution in [0.25, 0.3) is 0 Å². The molecule has 1 N–H and O–H groups in total. The third-order valence-electron chi connectivity index (χ3n) is 4.32. The molecule has 1 aliphatic rings. The van der Waals surface area contributed by atoms with Gasteiger partial charge in [0.1, 0.15) is 5.75 Å². The molecule has 0 spiro atoms. The van der Waals surface area contributed by atoms with Crippen molar-refractivity contribution in [2.24, 2.45) is 5.92 Å². The number of likely N-dealkylation sites (tertiary alicyclic amines) is 1. The van der Waals surface area contributed by atoms with Crippen molar-refractivity contribution in [3.05, 3.63) is 42.7 Å². The number of nitrogens with zero attached hydrogens (tertiary/aromatic N) is 3. The van der Waals surface area contributed by atoms with Crippen LogP contribution in [0.15, 0.2) is 42.7 Å². The first-order chi connectivity index (χ1) is 11.7. The highest BCUT2D eigenvalue weighted by molar-refractivity contribution is 5.89. The zero-order chi connectivity index (χ0) is 16.8. The number of nitrogens with one attached hydrogen (secondary N) is 1. The van der Waals surface area contributed by atoms with Gasteiger partial charge in [0.2, 0.25) is 0 Å². The van der Waals surface area contributed by atoms with Crippen LogP contribution in [0.1, 0.15) is 19.8 Å². The van der Waals surface area contributed by atoms with Gasteiger partial charge in [-0.3, -0.25) is 4.68 Å². The summed E-state index contributed by atoms with van der Waals surface area (Å²) in [5.74, 6) is 1.40. The highest BCUT2D eigenvalue weighted by atomic mass is 16.5. The first-order valence-corrected chi connectivity index (χ1v) is 8.51. The highest BCUT2D eigenvalue weighted by Crippen LogP contribution is 2.20. The lowest BCUT2D eigenvalue weighted by Gasteiger charge is -2.32. The summed E-state index contributed by atoms with van der Waals surface area (Å²) in [5, 5.41) is 7.21. The number of urea groups is 1. The van der Waals surface area contributed by atoms with E-state index in [1.165, 1.54) is 0 Å². The lowest BCUT2D eigenvalue weighted by atomic mass is 9.97. The molecule has 0 aliphatic carbocycles. The predicted molar refractivity (Wildman–Crippen MR) is 93.2 cm³/mol. The summed E-state index contributed by atoms with van der Waals surface area (Å²) in [6.07, 6.45) is 5.82. The first kappa shape index (κ1) is 16.4. The van der Waals surface area contributed by atoms with Crippen LogP contribution in [-0.2, 0) is 6.54 Å². The smallest absolute Gasteiger partial charge is 0.321 e. The van der Waals surface area contributed by atoms with Gasteiger partial charge in [0.25, 0.3) is 0 Å². The fourth-order valence-electron chi connectivity index (χ4n) is 3.00. The van der Waals surface area contributed by atoms with E-state index < -0.39 is 0 Å². The van der Waals surface area contributed by atoms with Crippen molar-refractivity contribution in [1.29, 1.82) is 0 Å². The van der Waals surface area contributed by atoms with Crippen LogP contribution < -0.4 is 10.1 Å². The van der Waals surface area contributed by atoms with Gasteiger partial charge >= 0.3 is 6.03 Å². The molecule has 2 aromatic rings. The third kappa shape index (κ3) is 4.28. The molecule has 0 unspecified atom stereocenters. The summed E-state index contributed by atoms with van der Waals surface area (Å²) < 4.78 is 7.38. The van der Waals surface area contributed by atoms with E-state index in [2.05, 4.69) is 10.4 Å². The Morgan fingerprint density at radius 1 is 1.29 bits per heavy atom. The second kappa shape index (κ2) is 7.86. The molecular weight excluding hydrogens is 304 g/mol. The van der Waals surface area contributed by atoms with Gasteiger partial charge < -0.3 is 15.0 Å². The Morgan fingerprint density at radius 3 is 2.67 bits per heavy atom. The van der Waals surface area contributed by atoms with Crippen LogP contribution in [-0.4, -0.2) is 40.4 Å². The Morgan fingerprint density at radius 2 is 2.04 bits per heavy atom. The van der Waals surface area contributed by atoms with E-state index in [1.807, 2.05) is 53.0 Å². The molecule has 0 bridgehead atoms. The van der Waals surface area contributed by atoms with Crippen LogP contribution in [0.2, 0.25) is 0 Å². The van der Waals surface area contributed by atoms with Gasteiger partial charge in [-0.25, -0.2) is 4.79 Å². The second-order valence-electron chi connectivity index (χ2n) is 6.05. The third-order valence-corrected chi connectivity index (χ3v) is 4.32. The van der Waals surface area contributed by atoms with Crippen LogP contribution in [0, 0.1) is 5.92 Å². The van der Waals surface area contributed by atoms with E-state index in [-0.39, 0.29) is 6.03 Å². The zero-order valence-electron chi connectivity index (χ0n) is 14.0. The molecule has 128 valence electrons. The number of amides is 2. The summed E-state index contributed by atoms with van der Waals surface area (Å²) in [4.78, 5) is 14.3. The van der Waals surface area contributed by atoms with Gasteiger partial charge in [0, 0.05) is 37.7 Å². The molecule has 2 amide bonds. The number of piperidine rings is 1. The van der Waals surface area contributed by atoms with Crippen molar-refractivity contribution in [1.82, 2.24) is 14.7 Å². The van der Waals surface area contributed by atoms with E-state index in [0.29, 0.717) is 12.5 Å². The van der Waals surface area contributed by atoms with Gasteiger partial charge in [0.05, 0.1) is 6.61 Å². The maximum absolute atomic E-state index is 12.4. The number of benzene rings is 1. The van der Waals surface area contributed by atoms with Crippen LogP contribution >= 0.6 is 0 Å². The SMILES string of the molecule is CCOc1ccc(NC(=O)N2CCC(Cn3cccn3)CC2)cc1. The minimum atomic E-state index is -0.0308. The van der Waals surface area contributed by atoms with Crippen LogP contribution in [0.5, 0.6) is 5.75 Å². The molecule has 6 heteroatoms. The largest absolute Gasteiger partial charge is 0.494 e. The van der Waals surface area contributed by atoms with E-state index in [9.17, 15) is 4.79 Å². The first-order valence-electron chi connectivity index (χ1n) is 8.51. The fourth-order valence-corrected chi connectivity index (χ4v) is 3.00. The zero-order valence-corrected chi connectivity index (χ0v) is 14.0. The molecule has 0 radical (unpaired) electrons. The molecule has 1 aliphatic heterocycles. The number of anilines is 1. The number of aromatic nitrogens is 2. The molecule has 1 aromatic heterocycles. The van der Waals surface area contributed by atoms with Crippen molar-refractivity contribution in [3.63, 3.8) is 0 Å². The predicted octanol–water partition coefficient (Wildman–Crippen LogP) is 3.23. The molecular formula is C18H24N4O2. The second-order valence-corrected chi connectivity index (χ2v) is 6.05. The number of rotatable bonds is 5. The minimum absolute atomic E-state index is 0.0308. The van der Waals surface area contributed by atoms with E-state index in [4.69, 9.17) is 4.74 Å². The van der Waals surface area contributed by atoms with E-state index in [1.54, 1.807) is 6.20 Å². The maximum Gasteiger partial charge on any atom is 0.321 e. The van der Waals surface area contributed by atoms with Gasteiger partial charge in [0.15, 0.2) is 0 Å². The molecule has 0 atom stereocenters. The Balaban J connectivity index is 1.46. The number of hydrogen-bond donors (Lipinski definition) is 1. The Labute approximate surface area is 142 Å². The molecule has 6 nitrogen and oxygen atoms in total. The molecule has 2 heterocycles. The number of carbonyl (C=O) groups excluding carboxylic acids is 1. The Bertz CT molecular complexity index is 632. The molecule has 1 saturated heterocycles. The van der Waals surface area contributed by atoms with E-state index in [0.717, 1.165) is 43.9 Å². The summed E-state index contributed by atoms with van der Waals surface area (Å²) in [6.45, 7) is 5.09. The van der Waals surface area contributed by atoms with Crippen molar-refractivity contribution < 1.29 is 9.53 Å². The number of hydrogen-bond acceptors (Lipinski definition) is 3. The molecule has 1 fully saturated rings. The van der Waals surface area contributed by atoms with Crippen molar-refractivity contribution in [3.8, 4) is 5.75 Å². The highest BCUT2D eigenvalue weighted by Gasteiger charge is 2.23. The number of carbonyl (C=O) groups is 1. The lowest BCUT2D eigenvalue weighted by Crippen LogP contribution is -2.41. The van der Waals surface area contributed by atoms with E-state index >= 15 is 0 Å². The topological polar surface area (TPSA) is 59.4 Å². The summed E-state index contributed by atoms with van der Waals surface area (Å²) in [7, 11) is 0. The van der Waals surface area contributed by atoms with Crippen LogP contribution in [0.3, 0.4) is 0 Å². The molecule has 3 rings (SSSR count). The normalized spacial score (nSPS) is 15.3. The van der Waals surface area contributed by atoms with Gasteiger partial charge in [-0.2, -0.15) is 5.10 Å². The monoisotopic (exact) mass is 328 g/mol. The maximum atomic E-state index is 12.4. The average molecular weight is 328 g/mol. The Kier molecular flexibility index (Phi) is 5.36. The van der Waals surface area contributed by atoms with Gasteiger partial charge in [-0.15, -0.1) is 0 Å². The minimum Gasteiger partial charge on any atom is -0.494 e. The number of ether oxygens (including phenoxy) is 1. The standard InChI is InChI=1S/C18H24N4O2/c1-2-24-17-6-4-16(5-7-17)20-18(23)21-12-8-15(9-13-21)14-22-11-3-10-19-22/h3-7,10-11,15H,2,8-9,12-14H2,1H3,(H,20,23). The van der Waals surface area contributed by atoms with Gasteiger partial charge in [-0.05, 0) is 56.0 Å². The quantitative estimate of drug-likeness (QED) is 0.917. The molecule has 1 aromatic carbocycles. The van der Waals surface area contributed by atoms with Crippen molar-refractivity contribution in [2.75, 3.05) is 25.0 Å². The molecule has 24 heavy (non-hydrogen) atoms. The summed E-state index contributed by atoms with van der Waals surface area (Å²) >= 11 is 0. The van der Waals surface area contributed by atoms with Crippen molar-refractivity contribution in [2.45, 2.75) is 26.3 Å². The van der Waals surface area contributed by atoms with Crippen LogP contribution in [0.4, 0.5) is 10.5 Å². The van der Waals surface area contributed by atoms with Gasteiger partial charge in [-0.1, -0.05) is 0 Å². The van der Waals surface area contributed by atoms with Crippen molar-refractivity contribution >= 4 is 11.7 Å².